The first-order valence-corrected chi connectivity index (χ1v) is 8.71. The van der Waals surface area contributed by atoms with Crippen molar-refractivity contribution in [3.63, 3.8) is 0 Å². The molecular formula is C21H24N4O. The number of ether oxygens (including phenoxy) is 1. The molecule has 5 heteroatoms. The van der Waals surface area contributed by atoms with Gasteiger partial charge in [-0.2, -0.15) is 0 Å². The Hall–Kier alpha value is -3.08. The van der Waals surface area contributed by atoms with E-state index >= 15 is 0 Å². The van der Waals surface area contributed by atoms with Crippen LogP contribution in [0.4, 0.5) is 23.0 Å². The van der Waals surface area contributed by atoms with Crippen LogP contribution in [-0.4, -0.2) is 16.1 Å². The monoisotopic (exact) mass is 348 g/mol. The molecule has 0 aliphatic carbocycles. The molecule has 1 aromatic heterocycles. The predicted molar refractivity (Wildman–Crippen MR) is 107 cm³/mol. The summed E-state index contributed by atoms with van der Waals surface area (Å²) in [6.07, 6.45) is 0.161. The highest BCUT2D eigenvalue weighted by atomic mass is 16.5. The van der Waals surface area contributed by atoms with E-state index in [1.165, 1.54) is 5.56 Å². The second kappa shape index (κ2) is 7.87. The van der Waals surface area contributed by atoms with Gasteiger partial charge < -0.3 is 15.4 Å². The first kappa shape index (κ1) is 17.7. The van der Waals surface area contributed by atoms with Crippen LogP contribution in [0.15, 0.2) is 54.6 Å². The maximum absolute atomic E-state index is 5.67. The minimum atomic E-state index is 0.161. The van der Waals surface area contributed by atoms with Crippen molar-refractivity contribution in [2.45, 2.75) is 33.8 Å². The molecule has 134 valence electrons. The Kier molecular flexibility index (Phi) is 5.37. The molecule has 0 atom stereocenters. The molecule has 0 saturated carbocycles. The van der Waals surface area contributed by atoms with Crippen molar-refractivity contribution < 1.29 is 4.74 Å². The minimum absolute atomic E-state index is 0.161. The molecule has 26 heavy (non-hydrogen) atoms. The molecule has 1 heterocycles. The molecule has 0 amide bonds. The van der Waals surface area contributed by atoms with E-state index in [1.807, 2.05) is 63.2 Å². The average Bonchev–Trinajstić information content (AvgIpc) is 2.58. The SMILES string of the molecule is Cc1ccc(Nc2cc(Nc3ccc(OC(C)C)cc3)nc(C)n2)cc1. The van der Waals surface area contributed by atoms with E-state index in [4.69, 9.17) is 4.74 Å². The van der Waals surface area contributed by atoms with Crippen LogP contribution in [0.3, 0.4) is 0 Å². The van der Waals surface area contributed by atoms with Gasteiger partial charge in [-0.25, -0.2) is 9.97 Å². The first-order valence-electron chi connectivity index (χ1n) is 8.71. The lowest BCUT2D eigenvalue weighted by Crippen LogP contribution is -2.05. The molecule has 0 radical (unpaired) electrons. The molecule has 0 saturated heterocycles. The topological polar surface area (TPSA) is 59.1 Å². The zero-order valence-corrected chi connectivity index (χ0v) is 15.6. The van der Waals surface area contributed by atoms with E-state index in [9.17, 15) is 0 Å². The summed E-state index contributed by atoms with van der Waals surface area (Å²) < 4.78 is 5.67. The molecule has 0 aliphatic heterocycles. The standard InChI is InChI=1S/C21H24N4O/c1-14(2)26-19-11-9-18(10-12-19)25-21-13-20(22-16(4)23-21)24-17-7-5-15(3)6-8-17/h5-14H,1-4H3,(H2,22,23,24,25). The second-order valence-electron chi connectivity index (χ2n) is 6.49. The lowest BCUT2D eigenvalue weighted by molar-refractivity contribution is 0.242. The zero-order chi connectivity index (χ0) is 18.5. The van der Waals surface area contributed by atoms with E-state index < -0.39 is 0 Å². The van der Waals surface area contributed by atoms with Crippen molar-refractivity contribution in [3.05, 3.63) is 66.0 Å². The number of rotatable bonds is 6. The summed E-state index contributed by atoms with van der Waals surface area (Å²) in [6, 6.07) is 17.9. The fraction of sp³-hybridized carbons (Fsp3) is 0.238. The van der Waals surface area contributed by atoms with Gasteiger partial charge >= 0.3 is 0 Å². The number of hydrogen-bond acceptors (Lipinski definition) is 5. The van der Waals surface area contributed by atoms with E-state index in [0.717, 1.165) is 28.8 Å². The third kappa shape index (κ3) is 4.96. The fourth-order valence-corrected chi connectivity index (χ4v) is 2.52. The normalized spacial score (nSPS) is 10.7. The third-order valence-corrected chi connectivity index (χ3v) is 3.66. The van der Waals surface area contributed by atoms with Crippen molar-refractivity contribution in [3.8, 4) is 5.75 Å². The Morgan fingerprint density at radius 3 is 1.77 bits per heavy atom. The largest absolute Gasteiger partial charge is 0.491 e. The summed E-state index contributed by atoms with van der Waals surface area (Å²) in [7, 11) is 0. The van der Waals surface area contributed by atoms with Gasteiger partial charge in [0.25, 0.3) is 0 Å². The van der Waals surface area contributed by atoms with E-state index in [-0.39, 0.29) is 6.10 Å². The molecule has 0 aliphatic rings. The van der Waals surface area contributed by atoms with Gasteiger partial charge in [0, 0.05) is 17.4 Å². The number of nitrogens with one attached hydrogen (secondary N) is 2. The van der Waals surface area contributed by atoms with Gasteiger partial charge in [0.1, 0.15) is 23.2 Å². The van der Waals surface area contributed by atoms with Crippen molar-refractivity contribution >= 4 is 23.0 Å². The van der Waals surface area contributed by atoms with Crippen LogP contribution in [0.1, 0.15) is 25.2 Å². The summed E-state index contributed by atoms with van der Waals surface area (Å²) in [5.74, 6) is 3.05. The molecule has 3 rings (SSSR count). The van der Waals surface area contributed by atoms with Gasteiger partial charge in [-0.05, 0) is 64.1 Å². The van der Waals surface area contributed by atoms with E-state index in [0.29, 0.717) is 5.82 Å². The van der Waals surface area contributed by atoms with Gasteiger partial charge in [-0.15, -0.1) is 0 Å². The highest BCUT2D eigenvalue weighted by molar-refractivity contribution is 5.63. The molecule has 0 fully saturated rings. The molecule has 0 spiro atoms. The minimum Gasteiger partial charge on any atom is -0.491 e. The molecule has 2 N–H and O–H groups in total. The highest BCUT2D eigenvalue weighted by Gasteiger charge is 2.04. The Labute approximate surface area is 154 Å². The summed E-state index contributed by atoms with van der Waals surface area (Å²) in [5, 5.41) is 6.63. The van der Waals surface area contributed by atoms with Crippen LogP contribution >= 0.6 is 0 Å². The maximum atomic E-state index is 5.67. The van der Waals surface area contributed by atoms with Crippen LogP contribution < -0.4 is 15.4 Å². The van der Waals surface area contributed by atoms with Crippen molar-refractivity contribution in [1.29, 1.82) is 0 Å². The molecule has 0 unspecified atom stereocenters. The quantitative estimate of drug-likeness (QED) is 0.627. The number of anilines is 4. The van der Waals surface area contributed by atoms with E-state index in [1.54, 1.807) is 0 Å². The number of hydrogen-bond donors (Lipinski definition) is 2. The summed E-state index contributed by atoms with van der Waals surface area (Å²) in [6.45, 7) is 7.97. The van der Waals surface area contributed by atoms with Crippen molar-refractivity contribution in [2.75, 3.05) is 10.6 Å². The third-order valence-electron chi connectivity index (χ3n) is 3.66. The summed E-state index contributed by atoms with van der Waals surface area (Å²) >= 11 is 0. The number of benzene rings is 2. The molecule has 2 aromatic carbocycles. The number of aryl methyl sites for hydroxylation is 2. The Bertz CT molecular complexity index is 858. The van der Waals surface area contributed by atoms with Gasteiger partial charge in [0.2, 0.25) is 0 Å². The van der Waals surface area contributed by atoms with Crippen LogP contribution in [0.2, 0.25) is 0 Å². The first-order chi connectivity index (χ1) is 12.5. The Morgan fingerprint density at radius 2 is 1.27 bits per heavy atom. The smallest absolute Gasteiger partial charge is 0.136 e. The predicted octanol–water partition coefficient (Wildman–Crippen LogP) is 5.37. The van der Waals surface area contributed by atoms with E-state index in [2.05, 4.69) is 39.7 Å². The van der Waals surface area contributed by atoms with Crippen LogP contribution in [0.5, 0.6) is 5.75 Å². The molecule has 0 bridgehead atoms. The Balaban J connectivity index is 1.73. The van der Waals surface area contributed by atoms with Crippen LogP contribution in [0, 0.1) is 13.8 Å². The van der Waals surface area contributed by atoms with Crippen molar-refractivity contribution in [2.24, 2.45) is 0 Å². The lowest BCUT2D eigenvalue weighted by atomic mass is 10.2. The van der Waals surface area contributed by atoms with Gasteiger partial charge in [-0.1, -0.05) is 17.7 Å². The van der Waals surface area contributed by atoms with Gasteiger partial charge in [0.05, 0.1) is 6.10 Å². The van der Waals surface area contributed by atoms with Crippen LogP contribution in [-0.2, 0) is 0 Å². The van der Waals surface area contributed by atoms with Gasteiger partial charge in [0.15, 0.2) is 0 Å². The summed E-state index contributed by atoms with van der Waals surface area (Å²) in [4.78, 5) is 8.92. The second-order valence-corrected chi connectivity index (χ2v) is 6.49. The molecule has 5 nitrogen and oxygen atoms in total. The fourth-order valence-electron chi connectivity index (χ4n) is 2.52. The highest BCUT2D eigenvalue weighted by Crippen LogP contribution is 2.22. The number of aromatic nitrogens is 2. The number of nitrogens with zero attached hydrogens (tertiary/aromatic N) is 2. The molecular weight excluding hydrogens is 324 g/mol. The zero-order valence-electron chi connectivity index (χ0n) is 15.6. The summed E-state index contributed by atoms with van der Waals surface area (Å²) in [5.41, 5.74) is 3.16. The van der Waals surface area contributed by atoms with Crippen LogP contribution in [0.25, 0.3) is 0 Å². The Morgan fingerprint density at radius 1 is 0.769 bits per heavy atom. The van der Waals surface area contributed by atoms with Crippen molar-refractivity contribution in [1.82, 2.24) is 9.97 Å². The van der Waals surface area contributed by atoms with Gasteiger partial charge in [-0.3, -0.25) is 0 Å². The molecule has 3 aromatic rings. The average molecular weight is 348 g/mol. The maximum Gasteiger partial charge on any atom is 0.136 e. The lowest BCUT2D eigenvalue weighted by Gasteiger charge is -2.12.